The molecule has 3 aliphatic carbocycles. The van der Waals surface area contributed by atoms with E-state index in [0.717, 1.165) is 23.1 Å². The molecule has 2 saturated carbocycles. The van der Waals surface area contributed by atoms with E-state index >= 15 is 0 Å². The number of Topliss-reactive ketones (excluding diaryl/α,β-unsaturated/α-hetero) is 1. The Hall–Kier alpha value is -3.43. The number of para-hydroxylation sites is 4. The quantitative estimate of drug-likeness (QED) is 0.130. The van der Waals surface area contributed by atoms with E-state index in [2.05, 4.69) is 0 Å². The minimum absolute atomic E-state index is 0.0146. The molecular formula is C42H45Cl3O7S. The number of hydrogen-bond donors (Lipinski definition) is 2. The molecule has 282 valence electrons. The molecule has 0 heterocycles. The summed E-state index contributed by atoms with van der Waals surface area (Å²) in [5, 5.41) is 22.9. The van der Waals surface area contributed by atoms with Gasteiger partial charge in [0.1, 0.15) is 28.8 Å². The summed E-state index contributed by atoms with van der Waals surface area (Å²) in [5.41, 5.74) is 4.26. The third kappa shape index (κ3) is 8.02. The molecule has 2 fully saturated rings. The summed E-state index contributed by atoms with van der Waals surface area (Å²) in [5.74, 6) is 1.00. The number of fused-ring (bicyclic) bond motifs is 10. The van der Waals surface area contributed by atoms with Gasteiger partial charge in [0.05, 0.1) is 17.3 Å². The number of benzene rings is 4. The maximum absolute atomic E-state index is 14.2. The van der Waals surface area contributed by atoms with Gasteiger partial charge in [-0.05, 0) is 71.4 Å². The van der Waals surface area contributed by atoms with Gasteiger partial charge in [-0.2, -0.15) is 8.42 Å². The first kappa shape index (κ1) is 39.3. The molecule has 0 aliphatic heterocycles. The van der Waals surface area contributed by atoms with E-state index in [1.54, 1.807) is 0 Å². The SMILES string of the molecule is CC(C)Oc1c2cccc1Cc1cccc(c1OS(=O)(=O)C[C@@]13CC[C@@H](CC1=O)C3(C)C)Cc1cccc(c1O)Cc1cccc(c1O)C2.ClC(Cl)Cl. The molecule has 4 aromatic carbocycles. The van der Waals surface area contributed by atoms with Crippen LogP contribution >= 0.6 is 34.8 Å². The number of aromatic hydroxyl groups is 2. The average Bonchev–Trinajstić information content (AvgIpc) is 3.41. The molecule has 4 aromatic rings. The Morgan fingerprint density at radius 1 is 0.717 bits per heavy atom. The standard InChI is InChI=1S/C41H44O7S.CHCl3/c1-25(2)47-38-30-13-7-14-31(38)22-33-16-8-15-32(39(33)48-49(45,46)24-41-18-17-34(23-35(41)42)40(41,3)4)21-29-12-6-10-27(37(29)44)19-26-9-5-11-28(20-30)36(26)43;2-1(3)4/h5-16,25,34,43-44H,17-24H2,1-4H3;1H/t34-,41-;/m0./s1. The van der Waals surface area contributed by atoms with E-state index in [9.17, 15) is 23.4 Å². The number of ether oxygens (including phenoxy) is 1. The molecular weight excluding hydrogens is 755 g/mol. The third-order valence-electron chi connectivity index (χ3n) is 11.4. The molecule has 2 atom stereocenters. The largest absolute Gasteiger partial charge is 0.507 e. The molecule has 7 nitrogen and oxygen atoms in total. The number of carbonyl (C=O) groups excluding carboxylic acids is 1. The summed E-state index contributed by atoms with van der Waals surface area (Å²) in [6.45, 7) is 7.97. The Labute approximate surface area is 327 Å². The van der Waals surface area contributed by atoms with E-state index in [1.807, 2.05) is 100 Å². The highest BCUT2D eigenvalue weighted by Gasteiger charge is 2.65. The van der Waals surface area contributed by atoms with E-state index in [1.165, 1.54) is 0 Å². The number of rotatable bonds is 6. The van der Waals surface area contributed by atoms with Crippen molar-refractivity contribution in [1.29, 1.82) is 0 Å². The molecule has 0 saturated heterocycles. The van der Waals surface area contributed by atoms with Gasteiger partial charge in [0.25, 0.3) is 0 Å². The van der Waals surface area contributed by atoms with Gasteiger partial charge in [0.15, 0.2) is 4.30 Å². The van der Waals surface area contributed by atoms with E-state index < -0.39 is 25.2 Å². The third-order valence-corrected chi connectivity index (χ3v) is 12.7. The average molecular weight is 800 g/mol. The van der Waals surface area contributed by atoms with Crippen LogP contribution in [0.15, 0.2) is 72.8 Å². The normalized spacial score (nSPS) is 20.2. The van der Waals surface area contributed by atoms with Crippen LogP contribution in [0.5, 0.6) is 23.0 Å². The van der Waals surface area contributed by atoms with Gasteiger partial charge < -0.3 is 19.1 Å². The van der Waals surface area contributed by atoms with Crippen LogP contribution in [0.1, 0.15) is 91.5 Å². The summed E-state index contributed by atoms with van der Waals surface area (Å²) in [6, 6.07) is 22.7. The predicted octanol–water partition coefficient (Wildman–Crippen LogP) is 9.65. The highest BCUT2D eigenvalue weighted by atomic mass is 35.6. The van der Waals surface area contributed by atoms with Crippen molar-refractivity contribution in [3.8, 4) is 23.0 Å². The lowest BCUT2D eigenvalue weighted by molar-refractivity contribution is -0.128. The van der Waals surface area contributed by atoms with Crippen LogP contribution in [0.25, 0.3) is 0 Å². The maximum Gasteiger partial charge on any atom is 0.310 e. The molecule has 11 heteroatoms. The summed E-state index contributed by atoms with van der Waals surface area (Å²) in [4.78, 5) is 13.3. The van der Waals surface area contributed by atoms with Crippen LogP contribution in [0, 0.1) is 16.7 Å². The van der Waals surface area contributed by atoms with Crippen LogP contribution in [0.3, 0.4) is 0 Å². The summed E-state index contributed by atoms with van der Waals surface area (Å²) in [6.07, 6.45) is 2.88. The fourth-order valence-corrected chi connectivity index (χ4v) is 10.4. The zero-order valence-corrected chi connectivity index (χ0v) is 33.4. The van der Waals surface area contributed by atoms with Crippen molar-refractivity contribution in [3.05, 3.63) is 117 Å². The van der Waals surface area contributed by atoms with Gasteiger partial charge in [0, 0.05) is 43.2 Å². The zero-order valence-electron chi connectivity index (χ0n) is 30.3. The van der Waals surface area contributed by atoms with Gasteiger partial charge in [-0.15, -0.1) is 0 Å². The molecule has 0 radical (unpaired) electrons. The van der Waals surface area contributed by atoms with Crippen molar-refractivity contribution < 1.29 is 32.3 Å². The van der Waals surface area contributed by atoms with Crippen LogP contribution < -0.4 is 8.92 Å². The Morgan fingerprint density at radius 2 is 1.09 bits per heavy atom. The van der Waals surface area contributed by atoms with Crippen LogP contribution in [-0.4, -0.2) is 40.6 Å². The van der Waals surface area contributed by atoms with Gasteiger partial charge in [-0.25, -0.2) is 0 Å². The number of carbonyl (C=O) groups is 1. The van der Waals surface area contributed by atoms with Crippen LogP contribution in [0.4, 0.5) is 0 Å². The fraction of sp³-hybridized carbons (Fsp3) is 0.405. The van der Waals surface area contributed by atoms with Crippen molar-refractivity contribution in [2.75, 3.05) is 5.75 Å². The number of hydrogen-bond acceptors (Lipinski definition) is 7. The van der Waals surface area contributed by atoms with Crippen molar-refractivity contribution in [2.45, 2.75) is 83.0 Å². The van der Waals surface area contributed by atoms with Crippen molar-refractivity contribution in [2.24, 2.45) is 16.7 Å². The lowest BCUT2D eigenvalue weighted by Crippen LogP contribution is -2.43. The highest BCUT2D eigenvalue weighted by Crippen LogP contribution is 2.64. The number of phenolic OH excluding ortho intramolecular Hbond substituents is 2. The second-order valence-electron chi connectivity index (χ2n) is 15.2. The monoisotopic (exact) mass is 798 g/mol. The minimum atomic E-state index is -4.24. The summed E-state index contributed by atoms with van der Waals surface area (Å²) >= 11 is 14.4. The number of halogens is 3. The first-order valence-corrected chi connectivity index (χ1v) is 20.8. The second-order valence-corrected chi connectivity index (χ2v) is 18.8. The van der Waals surface area contributed by atoms with Gasteiger partial charge >= 0.3 is 10.1 Å². The first-order valence-electron chi connectivity index (χ1n) is 17.9. The molecule has 7 rings (SSSR count). The summed E-state index contributed by atoms with van der Waals surface area (Å²) < 4.78 is 40.2. The number of ketones is 1. The van der Waals surface area contributed by atoms with Gasteiger partial charge in [0.2, 0.25) is 0 Å². The van der Waals surface area contributed by atoms with Gasteiger partial charge in [-0.1, -0.05) is 121 Å². The zero-order chi connectivity index (χ0) is 38.3. The lowest BCUT2D eigenvalue weighted by Gasteiger charge is -2.35. The second kappa shape index (κ2) is 15.4. The van der Waals surface area contributed by atoms with E-state index in [0.29, 0.717) is 65.7 Å². The molecule has 3 aliphatic rings. The number of alkyl halides is 3. The minimum Gasteiger partial charge on any atom is -0.507 e. The smallest absolute Gasteiger partial charge is 0.310 e. The molecule has 0 amide bonds. The predicted molar refractivity (Wildman–Crippen MR) is 210 cm³/mol. The Bertz CT molecular complexity index is 2130. The Balaban J connectivity index is 0.00000114. The topological polar surface area (TPSA) is 110 Å². The van der Waals surface area contributed by atoms with E-state index in [-0.39, 0.29) is 47.2 Å². The maximum atomic E-state index is 14.2. The molecule has 10 bridgehead atoms. The molecule has 53 heavy (non-hydrogen) atoms. The van der Waals surface area contributed by atoms with Crippen molar-refractivity contribution >= 4 is 50.7 Å². The highest BCUT2D eigenvalue weighted by molar-refractivity contribution is 7.87. The first-order chi connectivity index (χ1) is 25.0. The Kier molecular flexibility index (Phi) is 11.4. The van der Waals surface area contributed by atoms with Crippen LogP contribution in [0.2, 0.25) is 0 Å². The fourth-order valence-electron chi connectivity index (χ4n) is 8.57. The van der Waals surface area contributed by atoms with E-state index in [4.69, 9.17) is 43.7 Å². The van der Waals surface area contributed by atoms with Crippen LogP contribution in [-0.2, 0) is 40.6 Å². The molecule has 0 spiro atoms. The summed E-state index contributed by atoms with van der Waals surface area (Å²) in [7, 11) is -4.24. The van der Waals surface area contributed by atoms with Gasteiger partial charge in [-0.3, -0.25) is 4.79 Å². The molecule has 2 N–H and O–H groups in total. The van der Waals surface area contributed by atoms with Crippen molar-refractivity contribution in [3.63, 3.8) is 0 Å². The molecule has 0 aromatic heterocycles. The Morgan fingerprint density at radius 3 is 1.47 bits per heavy atom. The lowest BCUT2D eigenvalue weighted by atomic mass is 9.70. The van der Waals surface area contributed by atoms with Crippen molar-refractivity contribution in [1.82, 2.24) is 0 Å². The molecule has 0 unspecified atom stereocenters. The number of phenols is 2.